The molecule has 19 heavy (non-hydrogen) atoms. The zero-order valence-electron chi connectivity index (χ0n) is 10.6. The molecule has 4 nitrogen and oxygen atoms in total. The minimum absolute atomic E-state index is 0.0947. The van der Waals surface area contributed by atoms with Crippen LogP contribution < -0.4 is 4.90 Å². The number of aromatic hydroxyl groups is 1. The number of nitrogens with zero attached hydrogens (tertiary/aromatic N) is 1. The summed E-state index contributed by atoms with van der Waals surface area (Å²) in [7, 11) is 0. The lowest BCUT2D eigenvalue weighted by Crippen LogP contribution is -2.31. The Morgan fingerprint density at radius 2 is 1.84 bits per heavy atom. The van der Waals surface area contributed by atoms with Gasteiger partial charge in [-0.15, -0.1) is 0 Å². The second-order valence-corrected chi connectivity index (χ2v) is 5.18. The molecule has 3 atom stereocenters. The molecule has 2 aliphatic rings. The first-order valence-electron chi connectivity index (χ1n) is 6.43. The Hall–Kier alpha value is -2.10. The van der Waals surface area contributed by atoms with E-state index in [1.165, 1.54) is 17.0 Å². The Morgan fingerprint density at radius 3 is 2.47 bits per heavy atom. The van der Waals surface area contributed by atoms with Crippen molar-refractivity contribution >= 4 is 17.5 Å². The number of imide groups is 1. The number of phenolic OH excluding ortho intramolecular Hbond substituents is 1. The topological polar surface area (TPSA) is 57.6 Å². The van der Waals surface area contributed by atoms with Gasteiger partial charge in [-0.25, -0.2) is 0 Å². The number of allylic oxidation sites excluding steroid dienone is 2. The van der Waals surface area contributed by atoms with Gasteiger partial charge in [0.25, 0.3) is 0 Å². The Bertz CT molecular complexity index is 561. The highest BCUT2D eigenvalue weighted by Gasteiger charge is 2.50. The summed E-state index contributed by atoms with van der Waals surface area (Å²) in [6.45, 7) is 1.97. The lowest BCUT2D eigenvalue weighted by Gasteiger charge is -2.22. The van der Waals surface area contributed by atoms with Gasteiger partial charge in [0, 0.05) is 0 Å². The van der Waals surface area contributed by atoms with Crippen LogP contribution in [0.2, 0.25) is 0 Å². The molecule has 4 heteroatoms. The van der Waals surface area contributed by atoms with Gasteiger partial charge in [0.15, 0.2) is 0 Å². The van der Waals surface area contributed by atoms with Gasteiger partial charge in [-0.3, -0.25) is 14.5 Å². The van der Waals surface area contributed by atoms with Gasteiger partial charge < -0.3 is 5.11 Å². The average Bonchev–Trinajstić information content (AvgIpc) is 2.65. The van der Waals surface area contributed by atoms with Crippen molar-refractivity contribution in [1.82, 2.24) is 0 Å². The standard InChI is InChI=1S/C15H15NO3/c1-9-3-2-4-12-13(9)15(19)16(14(12)18)10-5-7-11(17)8-6-10/h2-3,5-9,12-13,17H,4H2,1H3. The number of phenols is 1. The zero-order valence-corrected chi connectivity index (χ0v) is 10.6. The Labute approximate surface area is 111 Å². The predicted molar refractivity (Wildman–Crippen MR) is 70.5 cm³/mol. The van der Waals surface area contributed by atoms with Gasteiger partial charge >= 0.3 is 0 Å². The molecule has 98 valence electrons. The molecule has 3 rings (SSSR count). The first-order chi connectivity index (χ1) is 9.09. The van der Waals surface area contributed by atoms with Crippen LogP contribution in [0.3, 0.4) is 0 Å². The fraction of sp³-hybridized carbons (Fsp3) is 0.333. The Balaban J connectivity index is 1.98. The molecule has 0 spiro atoms. The smallest absolute Gasteiger partial charge is 0.238 e. The van der Waals surface area contributed by atoms with E-state index < -0.39 is 0 Å². The molecule has 1 aliphatic carbocycles. The monoisotopic (exact) mass is 257 g/mol. The summed E-state index contributed by atoms with van der Waals surface area (Å²) < 4.78 is 0. The van der Waals surface area contributed by atoms with Crippen molar-refractivity contribution in [2.24, 2.45) is 17.8 Å². The van der Waals surface area contributed by atoms with Crippen molar-refractivity contribution in [1.29, 1.82) is 0 Å². The number of fused-ring (bicyclic) bond motifs is 1. The predicted octanol–water partition coefficient (Wildman–Crippen LogP) is 2.09. The third-order valence-corrected chi connectivity index (χ3v) is 3.98. The van der Waals surface area contributed by atoms with Crippen LogP contribution in [0.15, 0.2) is 36.4 Å². The SMILES string of the molecule is CC1C=CCC2C(=O)N(c3ccc(O)cc3)C(=O)C12. The molecule has 0 saturated carbocycles. The molecule has 1 aromatic rings. The number of hydrogen-bond donors (Lipinski definition) is 1. The number of carbonyl (C=O) groups excluding carboxylic acids is 2. The van der Waals surface area contributed by atoms with Gasteiger partial charge in [-0.1, -0.05) is 19.1 Å². The molecule has 3 unspecified atom stereocenters. The van der Waals surface area contributed by atoms with Gasteiger partial charge in [0.05, 0.1) is 17.5 Å². The lowest BCUT2D eigenvalue weighted by molar-refractivity contribution is -0.122. The minimum atomic E-state index is -0.244. The number of hydrogen-bond acceptors (Lipinski definition) is 3. The second-order valence-electron chi connectivity index (χ2n) is 5.18. The summed E-state index contributed by atoms with van der Waals surface area (Å²) in [5.74, 6) is -0.519. The summed E-state index contributed by atoms with van der Waals surface area (Å²) in [5.41, 5.74) is 0.536. The summed E-state index contributed by atoms with van der Waals surface area (Å²) in [6, 6.07) is 6.17. The number of amides is 2. The minimum Gasteiger partial charge on any atom is -0.508 e. The van der Waals surface area contributed by atoms with Crippen molar-refractivity contribution in [3.63, 3.8) is 0 Å². The second kappa shape index (κ2) is 4.23. The van der Waals surface area contributed by atoms with E-state index in [0.29, 0.717) is 12.1 Å². The van der Waals surface area contributed by atoms with E-state index in [1.807, 2.05) is 19.1 Å². The van der Waals surface area contributed by atoms with Gasteiger partial charge in [0.1, 0.15) is 5.75 Å². The summed E-state index contributed by atoms with van der Waals surface area (Å²) in [4.78, 5) is 26.1. The van der Waals surface area contributed by atoms with Crippen molar-refractivity contribution in [2.75, 3.05) is 4.90 Å². The molecule has 1 aromatic carbocycles. The third kappa shape index (κ3) is 1.75. The molecule has 1 heterocycles. The van der Waals surface area contributed by atoms with Gasteiger partial charge in [0.2, 0.25) is 11.8 Å². The quantitative estimate of drug-likeness (QED) is 0.619. The Kier molecular flexibility index (Phi) is 2.66. The lowest BCUT2D eigenvalue weighted by atomic mass is 9.78. The van der Waals surface area contributed by atoms with Crippen LogP contribution >= 0.6 is 0 Å². The molecule has 0 bridgehead atoms. The molecule has 1 fully saturated rings. The molecule has 1 N–H and O–H groups in total. The van der Waals surface area contributed by atoms with E-state index in [2.05, 4.69) is 0 Å². The van der Waals surface area contributed by atoms with E-state index in [-0.39, 0.29) is 35.3 Å². The fourth-order valence-electron chi connectivity index (χ4n) is 3.00. The van der Waals surface area contributed by atoms with Crippen LogP contribution in [-0.2, 0) is 9.59 Å². The van der Waals surface area contributed by atoms with E-state index >= 15 is 0 Å². The normalized spacial score (nSPS) is 29.7. The summed E-state index contributed by atoms with van der Waals surface area (Å²) in [6.07, 6.45) is 4.62. The first kappa shape index (κ1) is 12.0. The van der Waals surface area contributed by atoms with Crippen LogP contribution in [0.25, 0.3) is 0 Å². The number of benzene rings is 1. The van der Waals surface area contributed by atoms with Crippen LogP contribution in [0.1, 0.15) is 13.3 Å². The highest BCUT2D eigenvalue weighted by Crippen LogP contribution is 2.40. The van der Waals surface area contributed by atoms with E-state index in [9.17, 15) is 14.7 Å². The van der Waals surface area contributed by atoms with E-state index in [1.54, 1.807) is 12.1 Å². The number of carbonyl (C=O) groups is 2. The molecule has 0 radical (unpaired) electrons. The van der Waals surface area contributed by atoms with E-state index in [4.69, 9.17) is 0 Å². The van der Waals surface area contributed by atoms with Crippen molar-refractivity contribution in [3.05, 3.63) is 36.4 Å². The van der Waals surface area contributed by atoms with Crippen molar-refractivity contribution in [2.45, 2.75) is 13.3 Å². The molecule has 2 amide bonds. The van der Waals surface area contributed by atoms with Gasteiger partial charge in [-0.2, -0.15) is 0 Å². The fourth-order valence-corrected chi connectivity index (χ4v) is 3.00. The van der Waals surface area contributed by atoms with Gasteiger partial charge in [-0.05, 0) is 36.6 Å². The highest BCUT2D eigenvalue weighted by atomic mass is 16.3. The van der Waals surface area contributed by atoms with Crippen molar-refractivity contribution < 1.29 is 14.7 Å². The van der Waals surface area contributed by atoms with Crippen LogP contribution in [0.5, 0.6) is 5.75 Å². The van der Waals surface area contributed by atoms with Crippen LogP contribution in [0.4, 0.5) is 5.69 Å². The number of anilines is 1. The first-order valence-corrected chi connectivity index (χ1v) is 6.43. The van der Waals surface area contributed by atoms with Crippen LogP contribution in [-0.4, -0.2) is 16.9 Å². The van der Waals surface area contributed by atoms with Crippen LogP contribution in [0, 0.1) is 17.8 Å². The maximum atomic E-state index is 12.5. The molecule has 1 aliphatic heterocycles. The third-order valence-electron chi connectivity index (χ3n) is 3.98. The largest absolute Gasteiger partial charge is 0.508 e. The molecule has 0 aromatic heterocycles. The maximum absolute atomic E-state index is 12.5. The molecular formula is C15H15NO3. The zero-order chi connectivity index (χ0) is 13.6. The van der Waals surface area contributed by atoms with Crippen molar-refractivity contribution in [3.8, 4) is 5.75 Å². The van der Waals surface area contributed by atoms with E-state index in [0.717, 1.165) is 0 Å². The maximum Gasteiger partial charge on any atom is 0.238 e. The summed E-state index contributed by atoms with van der Waals surface area (Å²) >= 11 is 0. The number of rotatable bonds is 1. The Morgan fingerprint density at radius 1 is 1.16 bits per heavy atom. The molecular weight excluding hydrogens is 242 g/mol. The summed E-state index contributed by atoms with van der Waals surface area (Å²) in [5, 5.41) is 9.28. The molecule has 1 saturated heterocycles. The average molecular weight is 257 g/mol. The highest BCUT2D eigenvalue weighted by molar-refractivity contribution is 6.22.